The number of hydrogen-bond donors (Lipinski definition) is 2. The number of benzene rings is 2. The molecule has 0 aliphatic carbocycles. The van der Waals surface area contributed by atoms with Gasteiger partial charge in [-0.25, -0.2) is 5.43 Å². The van der Waals surface area contributed by atoms with Crippen LogP contribution in [0.4, 0.5) is 0 Å². The highest BCUT2D eigenvalue weighted by molar-refractivity contribution is 5.97. The Balaban J connectivity index is 1.96. The van der Waals surface area contributed by atoms with Crippen LogP contribution in [0.2, 0.25) is 0 Å². The Morgan fingerprint density at radius 2 is 1.67 bits per heavy atom. The van der Waals surface area contributed by atoms with Crippen LogP contribution < -0.4 is 29.7 Å². The fourth-order valence-electron chi connectivity index (χ4n) is 2.56. The Morgan fingerprint density at radius 3 is 2.27 bits per heavy atom. The van der Waals surface area contributed by atoms with Crippen LogP contribution >= 0.6 is 0 Å². The van der Waals surface area contributed by atoms with Gasteiger partial charge in [0, 0.05) is 11.1 Å². The minimum atomic E-state index is -0.485. The number of nitrogens with one attached hydrogen (secondary N) is 2. The van der Waals surface area contributed by atoms with E-state index in [1.54, 1.807) is 0 Å². The molecule has 0 spiro atoms. The molecule has 0 saturated heterocycles. The molecule has 0 aliphatic heterocycles. The molecule has 0 atom stereocenters. The van der Waals surface area contributed by atoms with Crippen molar-refractivity contribution in [3.05, 3.63) is 47.5 Å². The zero-order valence-electron chi connectivity index (χ0n) is 17.4. The number of methoxy groups -OCH3 is 3. The van der Waals surface area contributed by atoms with Gasteiger partial charge < -0.3 is 24.3 Å². The van der Waals surface area contributed by atoms with E-state index in [1.807, 2.05) is 31.2 Å². The number of hydrazone groups is 1. The molecule has 2 amide bonds. The zero-order chi connectivity index (χ0) is 21.9. The monoisotopic (exact) mass is 415 g/mol. The van der Waals surface area contributed by atoms with E-state index in [0.717, 1.165) is 5.56 Å². The van der Waals surface area contributed by atoms with E-state index in [2.05, 4.69) is 15.8 Å². The molecule has 30 heavy (non-hydrogen) atoms. The standard InChI is InChI=1S/C21H25N3O6/c1-5-30-16-9-7-6-8-14(16)12-23-24-19(25)13-22-21(26)15-10-17(27-2)20(29-4)18(11-15)28-3/h6-12H,5,13H2,1-4H3,(H,22,26)(H,24,25)/b23-12+. The van der Waals surface area contributed by atoms with Crippen LogP contribution in [0.5, 0.6) is 23.0 Å². The lowest BCUT2D eigenvalue weighted by molar-refractivity contribution is -0.120. The molecule has 0 radical (unpaired) electrons. The SMILES string of the molecule is CCOc1ccccc1/C=N/NC(=O)CNC(=O)c1cc(OC)c(OC)c(OC)c1. The number of para-hydroxylation sites is 1. The molecule has 0 bridgehead atoms. The highest BCUT2D eigenvalue weighted by Gasteiger charge is 2.17. The quantitative estimate of drug-likeness (QED) is 0.454. The fourth-order valence-corrected chi connectivity index (χ4v) is 2.56. The van der Waals surface area contributed by atoms with E-state index < -0.39 is 11.8 Å². The van der Waals surface area contributed by atoms with Crippen LogP contribution in [0.15, 0.2) is 41.5 Å². The first kappa shape index (κ1) is 22.5. The lowest BCUT2D eigenvalue weighted by atomic mass is 10.1. The first-order valence-electron chi connectivity index (χ1n) is 9.15. The summed E-state index contributed by atoms with van der Waals surface area (Å²) >= 11 is 0. The molecule has 0 heterocycles. The van der Waals surface area contributed by atoms with Crippen LogP contribution in [0.25, 0.3) is 0 Å². The van der Waals surface area contributed by atoms with Crippen molar-refractivity contribution in [2.45, 2.75) is 6.92 Å². The van der Waals surface area contributed by atoms with E-state index >= 15 is 0 Å². The van der Waals surface area contributed by atoms with Crippen LogP contribution in [-0.2, 0) is 4.79 Å². The lowest BCUT2D eigenvalue weighted by Gasteiger charge is -2.14. The molecular weight excluding hydrogens is 390 g/mol. The summed E-state index contributed by atoms with van der Waals surface area (Å²) < 4.78 is 21.2. The summed E-state index contributed by atoms with van der Waals surface area (Å²) in [5, 5.41) is 6.42. The fraction of sp³-hybridized carbons (Fsp3) is 0.286. The summed E-state index contributed by atoms with van der Waals surface area (Å²) in [6, 6.07) is 10.3. The molecule has 0 aliphatic rings. The maximum absolute atomic E-state index is 12.4. The second-order valence-corrected chi connectivity index (χ2v) is 5.86. The second-order valence-electron chi connectivity index (χ2n) is 5.86. The van der Waals surface area contributed by atoms with Crippen molar-refractivity contribution in [1.82, 2.24) is 10.7 Å². The van der Waals surface area contributed by atoms with Gasteiger partial charge in [0.25, 0.3) is 11.8 Å². The van der Waals surface area contributed by atoms with Crippen molar-refractivity contribution in [3.63, 3.8) is 0 Å². The smallest absolute Gasteiger partial charge is 0.259 e. The number of carbonyl (C=O) groups is 2. The van der Waals surface area contributed by atoms with Gasteiger partial charge in [0.15, 0.2) is 11.5 Å². The predicted molar refractivity (Wildman–Crippen MR) is 112 cm³/mol. The molecule has 2 N–H and O–H groups in total. The van der Waals surface area contributed by atoms with Crippen LogP contribution in [0.3, 0.4) is 0 Å². The second kappa shape index (κ2) is 11.3. The molecule has 2 aromatic rings. The topological polar surface area (TPSA) is 107 Å². The zero-order valence-corrected chi connectivity index (χ0v) is 17.4. The van der Waals surface area contributed by atoms with Crippen LogP contribution in [0, 0.1) is 0 Å². The molecule has 160 valence electrons. The molecule has 0 aromatic heterocycles. The summed E-state index contributed by atoms with van der Waals surface area (Å²) in [7, 11) is 4.38. The number of amides is 2. The highest BCUT2D eigenvalue weighted by atomic mass is 16.5. The van der Waals surface area contributed by atoms with Gasteiger partial charge in [-0.1, -0.05) is 12.1 Å². The van der Waals surface area contributed by atoms with E-state index in [1.165, 1.54) is 39.7 Å². The Labute approximate surface area is 175 Å². The Morgan fingerprint density at radius 1 is 1.00 bits per heavy atom. The number of ether oxygens (including phenoxy) is 4. The summed E-state index contributed by atoms with van der Waals surface area (Å²) in [6.45, 7) is 2.14. The van der Waals surface area contributed by atoms with Crippen molar-refractivity contribution >= 4 is 18.0 Å². The van der Waals surface area contributed by atoms with Gasteiger partial charge in [0.1, 0.15) is 5.75 Å². The first-order valence-corrected chi connectivity index (χ1v) is 9.15. The van der Waals surface area contributed by atoms with Crippen molar-refractivity contribution in [2.24, 2.45) is 5.10 Å². The van der Waals surface area contributed by atoms with Crippen LogP contribution in [-0.4, -0.2) is 52.5 Å². The van der Waals surface area contributed by atoms with Gasteiger partial charge in [0.05, 0.1) is 40.7 Å². The lowest BCUT2D eigenvalue weighted by Crippen LogP contribution is -2.35. The molecule has 0 saturated carbocycles. The van der Waals surface area contributed by atoms with Gasteiger partial charge in [-0.15, -0.1) is 0 Å². The van der Waals surface area contributed by atoms with E-state index in [0.29, 0.717) is 29.6 Å². The van der Waals surface area contributed by atoms with E-state index in [9.17, 15) is 9.59 Å². The summed E-state index contributed by atoms with van der Waals surface area (Å²) in [5.41, 5.74) is 3.34. The number of nitrogens with zero attached hydrogens (tertiary/aromatic N) is 1. The van der Waals surface area contributed by atoms with Crippen molar-refractivity contribution in [2.75, 3.05) is 34.5 Å². The third-order valence-electron chi connectivity index (χ3n) is 3.95. The maximum atomic E-state index is 12.4. The molecule has 9 nitrogen and oxygen atoms in total. The van der Waals surface area contributed by atoms with Crippen LogP contribution in [0.1, 0.15) is 22.8 Å². The molecule has 0 fully saturated rings. The minimum Gasteiger partial charge on any atom is -0.493 e. The predicted octanol–water partition coefficient (Wildman–Crippen LogP) is 1.99. The third kappa shape index (κ3) is 5.87. The van der Waals surface area contributed by atoms with E-state index in [4.69, 9.17) is 18.9 Å². The van der Waals surface area contributed by atoms with Crippen molar-refractivity contribution in [3.8, 4) is 23.0 Å². The Bertz CT molecular complexity index is 888. The summed E-state index contributed by atoms with van der Waals surface area (Å²) in [4.78, 5) is 24.4. The van der Waals surface area contributed by atoms with Gasteiger partial charge >= 0.3 is 0 Å². The highest BCUT2D eigenvalue weighted by Crippen LogP contribution is 2.38. The first-order chi connectivity index (χ1) is 14.5. The third-order valence-corrected chi connectivity index (χ3v) is 3.95. The van der Waals surface area contributed by atoms with E-state index in [-0.39, 0.29) is 12.1 Å². The maximum Gasteiger partial charge on any atom is 0.259 e. The van der Waals surface area contributed by atoms with Gasteiger partial charge in [-0.05, 0) is 31.2 Å². The summed E-state index contributed by atoms with van der Waals surface area (Å²) in [5.74, 6) is 0.744. The van der Waals surface area contributed by atoms with Gasteiger partial charge in [-0.3, -0.25) is 9.59 Å². The number of rotatable bonds is 10. The molecule has 2 aromatic carbocycles. The Hall–Kier alpha value is -3.75. The average molecular weight is 415 g/mol. The normalized spacial score (nSPS) is 10.4. The van der Waals surface area contributed by atoms with Gasteiger partial charge in [-0.2, -0.15) is 5.10 Å². The Kier molecular flexibility index (Phi) is 8.49. The number of carbonyl (C=O) groups excluding carboxylic acids is 2. The minimum absolute atomic E-state index is 0.256. The van der Waals surface area contributed by atoms with Gasteiger partial charge in [0.2, 0.25) is 5.75 Å². The molecule has 9 heteroatoms. The average Bonchev–Trinajstić information content (AvgIpc) is 2.77. The van der Waals surface area contributed by atoms with Crippen molar-refractivity contribution in [1.29, 1.82) is 0 Å². The largest absolute Gasteiger partial charge is 0.493 e. The molecule has 2 rings (SSSR count). The van der Waals surface area contributed by atoms with Crippen molar-refractivity contribution < 1.29 is 28.5 Å². The molecule has 0 unspecified atom stereocenters. The summed E-state index contributed by atoms with van der Waals surface area (Å²) in [6.07, 6.45) is 1.48. The number of hydrogen-bond acceptors (Lipinski definition) is 7. The molecular formula is C21H25N3O6.